The van der Waals surface area contributed by atoms with Crippen LogP contribution in [-0.4, -0.2) is 33.2 Å². The lowest BCUT2D eigenvalue weighted by molar-refractivity contribution is -0.122. The quantitative estimate of drug-likeness (QED) is 0.767. The molecule has 7 nitrogen and oxygen atoms in total. The van der Waals surface area contributed by atoms with Gasteiger partial charge in [0.2, 0.25) is 5.91 Å². The summed E-state index contributed by atoms with van der Waals surface area (Å²) in [5.74, 6) is 0.520. The summed E-state index contributed by atoms with van der Waals surface area (Å²) >= 11 is 0. The van der Waals surface area contributed by atoms with Gasteiger partial charge in [-0.25, -0.2) is 4.52 Å². The maximum Gasteiger partial charge on any atom is 0.277 e. The van der Waals surface area contributed by atoms with Crippen LogP contribution in [0.1, 0.15) is 13.8 Å². The molecular weight excluding hydrogens is 320 g/mol. The van der Waals surface area contributed by atoms with E-state index < -0.39 is 0 Å². The number of aromatic nitrogens is 3. The maximum absolute atomic E-state index is 12.6. The molecule has 7 heteroatoms. The molecule has 3 rings (SSSR count). The van der Waals surface area contributed by atoms with Crippen molar-refractivity contribution in [3.8, 4) is 17.0 Å². The Morgan fingerprint density at radius 2 is 2.08 bits per heavy atom. The lowest BCUT2D eigenvalue weighted by Gasteiger charge is -2.09. The summed E-state index contributed by atoms with van der Waals surface area (Å²) in [5, 5.41) is 7.21. The second-order valence-corrected chi connectivity index (χ2v) is 6.04. The molecule has 0 unspecified atom stereocenters. The summed E-state index contributed by atoms with van der Waals surface area (Å²) in [6.07, 6.45) is 3.24. The van der Waals surface area contributed by atoms with Crippen LogP contribution < -0.4 is 15.6 Å². The van der Waals surface area contributed by atoms with E-state index in [2.05, 4.69) is 10.4 Å². The molecule has 0 spiro atoms. The van der Waals surface area contributed by atoms with Crippen LogP contribution in [0.15, 0.2) is 47.5 Å². The molecule has 0 aliphatic heterocycles. The summed E-state index contributed by atoms with van der Waals surface area (Å²) in [4.78, 5) is 24.5. The molecule has 2 aromatic heterocycles. The smallest absolute Gasteiger partial charge is 0.277 e. The van der Waals surface area contributed by atoms with Crippen molar-refractivity contribution in [2.24, 2.45) is 0 Å². The zero-order valence-electron chi connectivity index (χ0n) is 14.4. The lowest BCUT2D eigenvalue weighted by atomic mass is 10.1. The fourth-order valence-corrected chi connectivity index (χ4v) is 2.60. The van der Waals surface area contributed by atoms with Crippen LogP contribution in [0.4, 0.5) is 0 Å². The normalized spacial score (nSPS) is 11.0. The Balaban J connectivity index is 1.97. The first-order valence-corrected chi connectivity index (χ1v) is 8.00. The zero-order valence-corrected chi connectivity index (χ0v) is 14.4. The number of carbonyl (C=O) groups is 1. The minimum absolute atomic E-state index is 0.0206. The molecule has 0 bridgehead atoms. The minimum Gasteiger partial charge on any atom is -0.497 e. The molecule has 2 heterocycles. The number of nitrogens with one attached hydrogen (secondary N) is 1. The standard InChI is InChI=1S/C18H20N4O3/c1-12(2)19-17(23)11-21-7-8-22-16(18(21)24)10-15(20-22)13-5-4-6-14(9-13)25-3/h4-10,12H,11H2,1-3H3,(H,19,23). The van der Waals surface area contributed by atoms with E-state index >= 15 is 0 Å². The van der Waals surface area contributed by atoms with Crippen molar-refractivity contribution in [3.63, 3.8) is 0 Å². The van der Waals surface area contributed by atoms with Crippen LogP contribution in [0.2, 0.25) is 0 Å². The number of fused-ring (bicyclic) bond motifs is 1. The molecule has 0 aliphatic rings. The minimum atomic E-state index is -0.261. The van der Waals surface area contributed by atoms with Crippen LogP contribution in [0.5, 0.6) is 5.75 Å². The molecule has 1 N–H and O–H groups in total. The Hall–Kier alpha value is -3.09. The fourth-order valence-electron chi connectivity index (χ4n) is 2.60. The number of nitrogens with zero attached hydrogens (tertiary/aromatic N) is 3. The number of carbonyl (C=O) groups excluding carboxylic acids is 1. The Kier molecular flexibility index (Phi) is 4.56. The summed E-state index contributed by atoms with van der Waals surface area (Å²) in [6.45, 7) is 3.73. The second kappa shape index (κ2) is 6.80. The van der Waals surface area contributed by atoms with Crippen molar-refractivity contribution >= 4 is 11.4 Å². The van der Waals surface area contributed by atoms with Crippen molar-refractivity contribution in [1.82, 2.24) is 19.5 Å². The number of rotatable bonds is 5. The van der Waals surface area contributed by atoms with Gasteiger partial charge in [0.25, 0.3) is 5.56 Å². The van der Waals surface area contributed by atoms with E-state index in [-0.39, 0.29) is 24.1 Å². The van der Waals surface area contributed by atoms with Gasteiger partial charge in [0, 0.05) is 24.0 Å². The van der Waals surface area contributed by atoms with Crippen LogP contribution in [0, 0.1) is 0 Å². The number of hydrogen-bond donors (Lipinski definition) is 1. The molecule has 0 aliphatic carbocycles. The highest BCUT2D eigenvalue weighted by Gasteiger charge is 2.12. The van der Waals surface area contributed by atoms with Crippen molar-refractivity contribution in [2.45, 2.75) is 26.4 Å². The predicted octanol–water partition coefficient (Wildman–Crippen LogP) is 1.70. The molecule has 130 valence electrons. The van der Waals surface area contributed by atoms with Gasteiger partial charge in [0.05, 0.1) is 12.8 Å². The second-order valence-electron chi connectivity index (χ2n) is 6.04. The van der Waals surface area contributed by atoms with E-state index in [4.69, 9.17) is 4.74 Å². The summed E-state index contributed by atoms with van der Waals surface area (Å²) in [5.41, 5.74) is 1.67. The molecule has 0 atom stereocenters. The third-order valence-corrected chi connectivity index (χ3v) is 3.73. The number of amides is 1. The largest absolute Gasteiger partial charge is 0.497 e. The van der Waals surface area contributed by atoms with E-state index in [1.54, 1.807) is 25.6 Å². The van der Waals surface area contributed by atoms with Gasteiger partial charge in [-0.3, -0.25) is 9.59 Å². The van der Waals surface area contributed by atoms with Crippen LogP contribution in [0.3, 0.4) is 0 Å². The first-order chi connectivity index (χ1) is 12.0. The molecule has 1 aromatic carbocycles. The van der Waals surface area contributed by atoms with Gasteiger partial charge in [-0.2, -0.15) is 5.10 Å². The summed E-state index contributed by atoms with van der Waals surface area (Å²) in [7, 11) is 1.60. The average Bonchev–Trinajstić information content (AvgIpc) is 3.02. The van der Waals surface area contributed by atoms with Crippen molar-refractivity contribution in [2.75, 3.05) is 7.11 Å². The molecule has 0 fully saturated rings. The number of hydrogen-bond acceptors (Lipinski definition) is 4. The van der Waals surface area contributed by atoms with E-state index in [1.165, 1.54) is 9.08 Å². The molecule has 1 amide bonds. The molecular formula is C18H20N4O3. The van der Waals surface area contributed by atoms with Gasteiger partial charge < -0.3 is 14.6 Å². The van der Waals surface area contributed by atoms with Crippen LogP contribution in [0.25, 0.3) is 16.8 Å². The number of ether oxygens (including phenoxy) is 1. The van der Waals surface area contributed by atoms with Crippen molar-refractivity contribution in [3.05, 3.63) is 53.1 Å². The Morgan fingerprint density at radius 1 is 1.28 bits per heavy atom. The predicted molar refractivity (Wildman–Crippen MR) is 94.7 cm³/mol. The topological polar surface area (TPSA) is 77.6 Å². The van der Waals surface area contributed by atoms with Crippen LogP contribution >= 0.6 is 0 Å². The molecule has 0 saturated carbocycles. The highest BCUT2D eigenvalue weighted by Crippen LogP contribution is 2.22. The third-order valence-electron chi connectivity index (χ3n) is 3.73. The van der Waals surface area contributed by atoms with Gasteiger partial charge in [-0.15, -0.1) is 0 Å². The monoisotopic (exact) mass is 340 g/mol. The summed E-state index contributed by atoms with van der Waals surface area (Å²) < 4.78 is 8.12. The van der Waals surface area contributed by atoms with Gasteiger partial charge in [-0.1, -0.05) is 12.1 Å². The first kappa shape index (κ1) is 16.8. The molecule has 0 saturated heterocycles. The SMILES string of the molecule is COc1cccc(-c2cc3c(=O)n(CC(=O)NC(C)C)ccn3n2)c1. The van der Waals surface area contributed by atoms with Crippen LogP contribution in [-0.2, 0) is 11.3 Å². The van der Waals surface area contributed by atoms with Crippen molar-refractivity contribution < 1.29 is 9.53 Å². The highest BCUT2D eigenvalue weighted by atomic mass is 16.5. The first-order valence-electron chi connectivity index (χ1n) is 8.00. The fraction of sp³-hybridized carbons (Fsp3) is 0.278. The zero-order chi connectivity index (χ0) is 18.0. The van der Waals surface area contributed by atoms with Gasteiger partial charge in [-0.05, 0) is 32.0 Å². The Bertz CT molecular complexity index is 972. The van der Waals surface area contributed by atoms with E-state index in [1.807, 2.05) is 38.1 Å². The lowest BCUT2D eigenvalue weighted by Crippen LogP contribution is -2.36. The van der Waals surface area contributed by atoms with Gasteiger partial charge >= 0.3 is 0 Å². The highest BCUT2D eigenvalue weighted by molar-refractivity contribution is 5.76. The Morgan fingerprint density at radius 3 is 2.80 bits per heavy atom. The maximum atomic E-state index is 12.6. The molecule has 25 heavy (non-hydrogen) atoms. The van der Waals surface area contributed by atoms with E-state index in [0.29, 0.717) is 11.2 Å². The van der Waals surface area contributed by atoms with Gasteiger partial charge in [0.15, 0.2) is 0 Å². The Labute approximate surface area is 144 Å². The number of methoxy groups -OCH3 is 1. The van der Waals surface area contributed by atoms with Gasteiger partial charge in [0.1, 0.15) is 17.8 Å². The molecule has 0 radical (unpaired) electrons. The number of benzene rings is 1. The third kappa shape index (κ3) is 3.55. The van der Waals surface area contributed by atoms with Crippen molar-refractivity contribution in [1.29, 1.82) is 0 Å². The van der Waals surface area contributed by atoms with E-state index in [0.717, 1.165) is 11.3 Å². The average molecular weight is 340 g/mol. The molecule has 3 aromatic rings. The summed E-state index contributed by atoms with van der Waals surface area (Å²) in [6, 6.07) is 9.22. The van der Waals surface area contributed by atoms with E-state index in [9.17, 15) is 9.59 Å².